The van der Waals surface area contributed by atoms with E-state index in [0.717, 1.165) is 11.1 Å². The standard InChI is InChI=1S/C27H26N2O4/c1-5-33-21-14-11-19(12-15-21)24-25(28-22-8-6-7-9-23(22)32-4)27(31)29(26(24)30)20-13-10-17(2)18(3)16-20/h6-16,28H,5H2,1-4H3. The van der Waals surface area contributed by atoms with Gasteiger partial charge < -0.3 is 14.8 Å². The number of rotatable bonds is 7. The Labute approximate surface area is 193 Å². The molecule has 3 aromatic rings. The predicted molar refractivity (Wildman–Crippen MR) is 130 cm³/mol. The van der Waals surface area contributed by atoms with Crippen LogP contribution in [0.5, 0.6) is 11.5 Å². The van der Waals surface area contributed by atoms with Crippen LogP contribution in [0.4, 0.5) is 11.4 Å². The van der Waals surface area contributed by atoms with E-state index in [1.54, 1.807) is 49.6 Å². The molecule has 6 heteroatoms. The Balaban J connectivity index is 1.82. The predicted octanol–water partition coefficient (Wildman–Crippen LogP) is 5.11. The van der Waals surface area contributed by atoms with Crippen molar-refractivity contribution in [1.82, 2.24) is 0 Å². The van der Waals surface area contributed by atoms with Gasteiger partial charge in [0, 0.05) is 0 Å². The number of anilines is 2. The van der Waals surface area contributed by atoms with E-state index in [-0.39, 0.29) is 11.6 Å². The molecule has 4 rings (SSSR count). The van der Waals surface area contributed by atoms with Crippen LogP contribution < -0.4 is 19.7 Å². The summed E-state index contributed by atoms with van der Waals surface area (Å²) in [5.74, 6) is 0.465. The molecule has 1 aliphatic heterocycles. The molecule has 0 atom stereocenters. The fraction of sp³-hybridized carbons (Fsp3) is 0.185. The molecule has 0 aliphatic carbocycles. The van der Waals surface area contributed by atoms with Crippen LogP contribution in [0.15, 0.2) is 72.4 Å². The first kappa shape index (κ1) is 22.1. The first-order valence-electron chi connectivity index (χ1n) is 10.8. The molecule has 3 aromatic carbocycles. The van der Waals surface area contributed by atoms with Crippen LogP contribution in [-0.2, 0) is 9.59 Å². The molecule has 0 aromatic heterocycles. The van der Waals surface area contributed by atoms with Crippen LogP contribution in [0.2, 0.25) is 0 Å². The maximum absolute atomic E-state index is 13.6. The molecule has 0 fully saturated rings. The average molecular weight is 443 g/mol. The lowest BCUT2D eigenvalue weighted by Crippen LogP contribution is -2.32. The molecule has 0 radical (unpaired) electrons. The number of amides is 2. The highest BCUT2D eigenvalue weighted by molar-refractivity contribution is 6.46. The summed E-state index contributed by atoms with van der Waals surface area (Å²) in [6, 6.07) is 20.0. The van der Waals surface area contributed by atoms with E-state index < -0.39 is 5.91 Å². The average Bonchev–Trinajstić information content (AvgIpc) is 3.06. The van der Waals surface area contributed by atoms with Gasteiger partial charge in [-0.15, -0.1) is 0 Å². The summed E-state index contributed by atoms with van der Waals surface area (Å²) >= 11 is 0. The molecule has 0 bridgehead atoms. The zero-order valence-electron chi connectivity index (χ0n) is 19.1. The minimum absolute atomic E-state index is 0.201. The molecule has 1 N–H and O–H groups in total. The Bertz CT molecular complexity index is 1250. The number of benzene rings is 3. The second-order valence-corrected chi connectivity index (χ2v) is 7.75. The summed E-state index contributed by atoms with van der Waals surface area (Å²) in [7, 11) is 1.56. The van der Waals surface area contributed by atoms with Crippen molar-refractivity contribution in [2.75, 3.05) is 23.9 Å². The topological polar surface area (TPSA) is 67.9 Å². The number of ether oxygens (including phenoxy) is 2. The number of carbonyl (C=O) groups excluding carboxylic acids is 2. The number of nitrogens with one attached hydrogen (secondary N) is 1. The highest BCUT2D eigenvalue weighted by Gasteiger charge is 2.40. The van der Waals surface area contributed by atoms with Gasteiger partial charge in [-0.2, -0.15) is 0 Å². The van der Waals surface area contributed by atoms with E-state index in [1.165, 1.54) is 4.90 Å². The van der Waals surface area contributed by atoms with Crippen LogP contribution in [0, 0.1) is 13.8 Å². The molecule has 168 valence electrons. The van der Waals surface area contributed by atoms with Gasteiger partial charge in [0.15, 0.2) is 0 Å². The van der Waals surface area contributed by atoms with Gasteiger partial charge in [0.25, 0.3) is 11.8 Å². The lowest BCUT2D eigenvalue weighted by atomic mass is 10.0. The number of hydrogen-bond acceptors (Lipinski definition) is 5. The molecule has 0 saturated heterocycles. The van der Waals surface area contributed by atoms with Gasteiger partial charge in [0.2, 0.25) is 0 Å². The molecule has 0 spiro atoms. The van der Waals surface area contributed by atoms with Crippen molar-refractivity contribution < 1.29 is 19.1 Å². The third kappa shape index (κ3) is 4.20. The smallest absolute Gasteiger partial charge is 0.282 e. The van der Waals surface area contributed by atoms with Crippen LogP contribution in [0.1, 0.15) is 23.6 Å². The zero-order valence-corrected chi connectivity index (χ0v) is 19.1. The van der Waals surface area contributed by atoms with Gasteiger partial charge in [-0.25, -0.2) is 4.90 Å². The van der Waals surface area contributed by atoms with Crippen LogP contribution in [0.25, 0.3) is 5.57 Å². The Kier molecular flexibility index (Phi) is 6.18. The molecule has 0 saturated carbocycles. The monoisotopic (exact) mass is 442 g/mol. The summed E-state index contributed by atoms with van der Waals surface area (Å²) in [4.78, 5) is 28.4. The van der Waals surface area contributed by atoms with Crippen molar-refractivity contribution in [3.8, 4) is 11.5 Å². The first-order valence-corrected chi connectivity index (χ1v) is 10.8. The summed E-state index contributed by atoms with van der Waals surface area (Å²) in [6.07, 6.45) is 0. The van der Waals surface area contributed by atoms with Crippen LogP contribution in [-0.4, -0.2) is 25.5 Å². The molecule has 1 heterocycles. The van der Waals surface area contributed by atoms with Gasteiger partial charge in [0.1, 0.15) is 17.2 Å². The number of aryl methyl sites for hydroxylation is 2. The maximum Gasteiger partial charge on any atom is 0.282 e. The van der Waals surface area contributed by atoms with Gasteiger partial charge >= 0.3 is 0 Å². The Morgan fingerprint density at radius 3 is 2.27 bits per heavy atom. The minimum Gasteiger partial charge on any atom is -0.495 e. The third-order valence-corrected chi connectivity index (χ3v) is 5.65. The Morgan fingerprint density at radius 1 is 0.879 bits per heavy atom. The summed E-state index contributed by atoms with van der Waals surface area (Å²) in [5, 5.41) is 3.17. The second kappa shape index (κ2) is 9.20. The van der Waals surface area contributed by atoms with Crippen molar-refractivity contribution in [1.29, 1.82) is 0 Å². The van der Waals surface area contributed by atoms with Gasteiger partial charge in [0.05, 0.1) is 30.7 Å². The third-order valence-electron chi connectivity index (χ3n) is 5.65. The van der Waals surface area contributed by atoms with Gasteiger partial charge in [-0.05, 0) is 73.9 Å². The summed E-state index contributed by atoms with van der Waals surface area (Å²) < 4.78 is 11.0. The fourth-order valence-electron chi connectivity index (χ4n) is 3.78. The van der Waals surface area contributed by atoms with Crippen LogP contribution >= 0.6 is 0 Å². The summed E-state index contributed by atoms with van der Waals surface area (Å²) in [5.41, 5.74) is 4.35. The maximum atomic E-state index is 13.6. The van der Waals surface area contributed by atoms with Crippen molar-refractivity contribution in [2.45, 2.75) is 20.8 Å². The number of hydrogen-bond donors (Lipinski definition) is 1. The minimum atomic E-state index is -0.418. The van der Waals surface area contributed by atoms with Gasteiger partial charge in [-0.3, -0.25) is 9.59 Å². The highest BCUT2D eigenvalue weighted by Crippen LogP contribution is 2.36. The number of para-hydroxylation sites is 2. The zero-order chi connectivity index (χ0) is 23.5. The number of methoxy groups -OCH3 is 1. The normalized spacial score (nSPS) is 13.5. The lowest BCUT2D eigenvalue weighted by Gasteiger charge is -2.17. The van der Waals surface area contributed by atoms with Crippen LogP contribution in [0.3, 0.4) is 0 Å². The number of carbonyl (C=O) groups is 2. The molecular formula is C27H26N2O4. The van der Waals surface area contributed by atoms with Crippen molar-refractivity contribution >= 4 is 28.8 Å². The lowest BCUT2D eigenvalue weighted by molar-refractivity contribution is -0.120. The van der Waals surface area contributed by atoms with Gasteiger partial charge in [-0.1, -0.05) is 30.3 Å². The van der Waals surface area contributed by atoms with Crippen molar-refractivity contribution in [3.63, 3.8) is 0 Å². The largest absolute Gasteiger partial charge is 0.495 e. The molecule has 1 aliphatic rings. The first-order chi connectivity index (χ1) is 15.9. The highest BCUT2D eigenvalue weighted by atomic mass is 16.5. The second-order valence-electron chi connectivity index (χ2n) is 7.75. The van der Waals surface area contributed by atoms with E-state index in [9.17, 15) is 9.59 Å². The fourth-order valence-corrected chi connectivity index (χ4v) is 3.78. The molecular weight excluding hydrogens is 416 g/mol. The van der Waals surface area contributed by atoms with E-state index in [0.29, 0.717) is 40.6 Å². The Morgan fingerprint density at radius 2 is 1.61 bits per heavy atom. The van der Waals surface area contributed by atoms with E-state index in [1.807, 2.05) is 45.0 Å². The number of imide groups is 1. The van der Waals surface area contributed by atoms with E-state index in [2.05, 4.69) is 5.32 Å². The quantitative estimate of drug-likeness (QED) is 0.515. The molecule has 33 heavy (non-hydrogen) atoms. The number of nitrogens with zero attached hydrogens (tertiary/aromatic N) is 1. The molecule has 6 nitrogen and oxygen atoms in total. The van der Waals surface area contributed by atoms with E-state index in [4.69, 9.17) is 9.47 Å². The van der Waals surface area contributed by atoms with E-state index >= 15 is 0 Å². The molecule has 2 amide bonds. The SMILES string of the molecule is CCOc1ccc(C2=C(Nc3ccccc3OC)C(=O)N(c3ccc(C)c(C)c3)C2=O)cc1. The Hall–Kier alpha value is -4.06. The molecule has 0 unspecified atom stereocenters. The van der Waals surface area contributed by atoms with Crippen molar-refractivity contribution in [2.24, 2.45) is 0 Å². The van der Waals surface area contributed by atoms with Crippen molar-refractivity contribution in [3.05, 3.63) is 89.1 Å². The summed E-state index contributed by atoms with van der Waals surface area (Å²) in [6.45, 7) is 6.40.